The number of rotatable bonds is 6. The summed E-state index contributed by atoms with van der Waals surface area (Å²) >= 11 is 0. The van der Waals surface area contributed by atoms with Crippen molar-refractivity contribution in [1.82, 2.24) is 9.78 Å². The van der Waals surface area contributed by atoms with Crippen LogP contribution < -0.4 is 5.56 Å². The normalized spacial score (nSPS) is 10.4. The number of carbonyl (C=O) groups excluding carboxylic acids is 1. The van der Waals surface area contributed by atoms with Gasteiger partial charge in [0.1, 0.15) is 0 Å². The van der Waals surface area contributed by atoms with Gasteiger partial charge in [0.2, 0.25) is 0 Å². The molecule has 1 aromatic heterocycles. The predicted octanol–water partition coefficient (Wildman–Crippen LogP) is 2.43. The van der Waals surface area contributed by atoms with E-state index in [0.717, 1.165) is 12.8 Å². The summed E-state index contributed by atoms with van der Waals surface area (Å²) < 4.78 is 1.27. The number of aromatic nitrogens is 2. The van der Waals surface area contributed by atoms with Gasteiger partial charge >= 0.3 is 0 Å². The molecule has 7 heteroatoms. The third-order valence-corrected chi connectivity index (χ3v) is 3.23. The van der Waals surface area contributed by atoms with Crippen molar-refractivity contribution in [2.45, 2.75) is 26.3 Å². The number of nitro benzene ring substituents is 1. The lowest BCUT2D eigenvalue weighted by molar-refractivity contribution is -0.384. The first-order valence-electron chi connectivity index (χ1n) is 6.89. The Bertz CT molecular complexity index is 750. The summed E-state index contributed by atoms with van der Waals surface area (Å²) in [6.45, 7) is 2.42. The predicted molar refractivity (Wildman–Crippen MR) is 80.9 cm³/mol. The summed E-state index contributed by atoms with van der Waals surface area (Å²) in [6, 6.07) is 7.21. The van der Waals surface area contributed by atoms with E-state index in [-0.39, 0.29) is 11.3 Å². The van der Waals surface area contributed by atoms with E-state index in [9.17, 15) is 19.7 Å². The Balaban J connectivity index is 2.47. The summed E-state index contributed by atoms with van der Waals surface area (Å²) in [5.41, 5.74) is 0.624. The third-order valence-electron chi connectivity index (χ3n) is 3.23. The Hall–Kier alpha value is -2.83. The van der Waals surface area contributed by atoms with Gasteiger partial charge in [0, 0.05) is 24.2 Å². The van der Waals surface area contributed by atoms with Gasteiger partial charge in [-0.05, 0) is 24.6 Å². The van der Waals surface area contributed by atoms with Crippen molar-refractivity contribution < 1.29 is 9.72 Å². The van der Waals surface area contributed by atoms with Crippen molar-refractivity contribution in [1.29, 1.82) is 0 Å². The van der Waals surface area contributed by atoms with Crippen molar-refractivity contribution in [3.05, 3.63) is 56.4 Å². The maximum atomic E-state index is 12.0. The van der Waals surface area contributed by atoms with Gasteiger partial charge in [-0.1, -0.05) is 13.3 Å². The van der Waals surface area contributed by atoms with Crippen LogP contribution in [0.15, 0.2) is 35.1 Å². The SMILES string of the molecule is CCCCn1nc(-c2ccc([N+](=O)[O-])cc2)cc(C=O)c1=O. The average Bonchev–Trinajstić information content (AvgIpc) is 2.54. The Labute approximate surface area is 126 Å². The van der Waals surface area contributed by atoms with Gasteiger partial charge in [-0.2, -0.15) is 5.10 Å². The minimum atomic E-state index is -0.490. The fourth-order valence-electron chi connectivity index (χ4n) is 2.00. The molecule has 0 atom stereocenters. The molecule has 0 radical (unpaired) electrons. The molecule has 0 unspecified atom stereocenters. The molecule has 0 aliphatic rings. The molecule has 1 heterocycles. The third kappa shape index (κ3) is 3.25. The van der Waals surface area contributed by atoms with Crippen LogP contribution in [0.1, 0.15) is 30.1 Å². The van der Waals surface area contributed by atoms with Gasteiger partial charge in [0.25, 0.3) is 11.2 Å². The highest BCUT2D eigenvalue weighted by atomic mass is 16.6. The van der Waals surface area contributed by atoms with Gasteiger partial charge in [-0.25, -0.2) is 4.68 Å². The summed E-state index contributed by atoms with van der Waals surface area (Å²) in [7, 11) is 0. The molecule has 0 saturated carbocycles. The number of unbranched alkanes of at least 4 members (excludes halogenated alkanes) is 1. The van der Waals surface area contributed by atoms with E-state index in [1.165, 1.54) is 22.9 Å². The van der Waals surface area contributed by atoms with Gasteiger partial charge in [-0.15, -0.1) is 0 Å². The van der Waals surface area contributed by atoms with Gasteiger partial charge in [-0.3, -0.25) is 19.7 Å². The lowest BCUT2D eigenvalue weighted by atomic mass is 10.1. The van der Waals surface area contributed by atoms with Crippen molar-refractivity contribution >= 4 is 12.0 Å². The van der Waals surface area contributed by atoms with Crippen LogP contribution in [0.25, 0.3) is 11.3 Å². The van der Waals surface area contributed by atoms with E-state index in [1.807, 2.05) is 6.92 Å². The highest BCUT2D eigenvalue weighted by Gasteiger charge is 2.11. The van der Waals surface area contributed by atoms with Gasteiger partial charge in [0.15, 0.2) is 6.29 Å². The molecule has 0 spiro atoms. The fraction of sp³-hybridized carbons (Fsp3) is 0.267. The maximum Gasteiger partial charge on any atom is 0.277 e. The first-order chi connectivity index (χ1) is 10.6. The zero-order valence-electron chi connectivity index (χ0n) is 12.1. The Morgan fingerprint density at radius 3 is 2.55 bits per heavy atom. The fourth-order valence-corrected chi connectivity index (χ4v) is 2.00. The van der Waals surface area contributed by atoms with Crippen LogP contribution in [0.2, 0.25) is 0 Å². The molecule has 0 fully saturated rings. The van der Waals surface area contributed by atoms with Crippen LogP contribution in [0.5, 0.6) is 0 Å². The quantitative estimate of drug-likeness (QED) is 0.464. The zero-order valence-corrected chi connectivity index (χ0v) is 12.1. The average molecular weight is 301 g/mol. The standard InChI is InChI=1S/C15H15N3O4/c1-2-3-8-17-15(20)12(10-19)9-14(16-17)11-4-6-13(7-5-11)18(21)22/h4-7,9-10H,2-3,8H2,1H3. The molecule has 22 heavy (non-hydrogen) atoms. The number of non-ortho nitro benzene ring substituents is 1. The number of hydrogen-bond donors (Lipinski definition) is 0. The van der Waals surface area contributed by atoms with Crippen LogP contribution in [0.4, 0.5) is 5.69 Å². The Kier molecular flexibility index (Phi) is 4.77. The Morgan fingerprint density at radius 2 is 2.00 bits per heavy atom. The van der Waals surface area contributed by atoms with E-state index in [1.54, 1.807) is 12.1 Å². The molecule has 0 N–H and O–H groups in total. The van der Waals surface area contributed by atoms with Crippen molar-refractivity contribution in [3.8, 4) is 11.3 Å². The summed E-state index contributed by atoms with van der Waals surface area (Å²) in [4.78, 5) is 33.2. The second-order valence-corrected chi connectivity index (χ2v) is 4.79. The topological polar surface area (TPSA) is 95.1 Å². The molecule has 2 aromatic rings. The highest BCUT2D eigenvalue weighted by Crippen LogP contribution is 2.20. The molecule has 2 rings (SSSR count). The van der Waals surface area contributed by atoms with E-state index >= 15 is 0 Å². The summed E-state index contributed by atoms with van der Waals surface area (Å²) in [6.07, 6.45) is 2.17. The maximum absolute atomic E-state index is 12.0. The van der Waals surface area contributed by atoms with Crippen molar-refractivity contribution in [2.75, 3.05) is 0 Å². The van der Waals surface area contributed by atoms with Gasteiger partial charge in [0.05, 0.1) is 16.2 Å². The second kappa shape index (κ2) is 6.75. The highest BCUT2D eigenvalue weighted by molar-refractivity contribution is 5.77. The van der Waals surface area contributed by atoms with E-state index in [2.05, 4.69) is 5.10 Å². The summed E-state index contributed by atoms with van der Waals surface area (Å²) in [5.74, 6) is 0. The van der Waals surface area contributed by atoms with Crippen molar-refractivity contribution in [3.63, 3.8) is 0 Å². The summed E-state index contributed by atoms with van der Waals surface area (Å²) in [5, 5.41) is 14.9. The van der Waals surface area contributed by atoms with Crippen LogP contribution >= 0.6 is 0 Å². The lowest BCUT2D eigenvalue weighted by Gasteiger charge is -2.08. The number of benzene rings is 1. The van der Waals surface area contributed by atoms with Crippen LogP contribution in [0.3, 0.4) is 0 Å². The lowest BCUT2D eigenvalue weighted by Crippen LogP contribution is -2.26. The minimum Gasteiger partial charge on any atom is -0.298 e. The number of nitro groups is 1. The number of hydrogen-bond acceptors (Lipinski definition) is 5. The number of carbonyl (C=O) groups is 1. The zero-order chi connectivity index (χ0) is 16.1. The monoisotopic (exact) mass is 301 g/mol. The molecule has 0 amide bonds. The molecule has 0 aliphatic heterocycles. The number of aldehydes is 1. The van der Waals surface area contributed by atoms with Crippen LogP contribution in [-0.2, 0) is 6.54 Å². The van der Waals surface area contributed by atoms with E-state index in [4.69, 9.17) is 0 Å². The number of nitrogens with zero attached hydrogens (tertiary/aromatic N) is 3. The minimum absolute atomic E-state index is 0.0273. The molecule has 1 aromatic carbocycles. The first kappa shape index (κ1) is 15.6. The Morgan fingerprint density at radius 1 is 1.32 bits per heavy atom. The molecule has 0 saturated heterocycles. The van der Waals surface area contributed by atoms with E-state index < -0.39 is 10.5 Å². The number of aryl methyl sites for hydroxylation is 1. The van der Waals surface area contributed by atoms with Crippen molar-refractivity contribution in [2.24, 2.45) is 0 Å². The first-order valence-corrected chi connectivity index (χ1v) is 6.89. The molecule has 7 nitrogen and oxygen atoms in total. The molecule has 114 valence electrons. The molecule has 0 aliphatic carbocycles. The largest absolute Gasteiger partial charge is 0.298 e. The van der Waals surface area contributed by atoms with Crippen LogP contribution in [0, 0.1) is 10.1 Å². The molecular formula is C15H15N3O4. The molecule has 0 bridgehead atoms. The second-order valence-electron chi connectivity index (χ2n) is 4.79. The smallest absolute Gasteiger partial charge is 0.277 e. The van der Waals surface area contributed by atoms with E-state index in [0.29, 0.717) is 24.1 Å². The molecular weight excluding hydrogens is 286 g/mol. The van der Waals surface area contributed by atoms with Crippen LogP contribution in [-0.4, -0.2) is 21.0 Å². The van der Waals surface area contributed by atoms with Gasteiger partial charge < -0.3 is 0 Å².